The Morgan fingerprint density at radius 1 is 0.378 bits per heavy atom. The molecule has 0 unspecified atom stereocenters. The van der Waals surface area contributed by atoms with Crippen molar-refractivity contribution < 1.29 is 0 Å². The van der Waals surface area contributed by atoms with Crippen LogP contribution in [0.3, 0.4) is 0 Å². The lowest BCUT2D eigenvalue weighted by Crippen LogP contribution is -1.97. The Labute approximate surface area is 260 Å². The molecule has 3 heteroatoms. The quantitative estimate of drug-likeness (QED) is 0.196. The Bertz CT molecular complexity index is 2530. The summed E-state index contributed by atoms with van der Waals surface area (Å²) in [5, 5.41) is 17.0. The fraction of sp³-hybridized carbons (Fsp3) is 0. The highest BCUT2D eigenvalue weighted by Gasteiger charge is 2.14. The SMILES string of the molecule is c1ccc(-c2cccc(-c3cc(-c4ccc5ccc6ccc7nn(-c8ccccc8)nc7c6c5c4)cc4ccccc34)c2)cc1. The fourth-order valence-electron chi connectivity index (χ4n) is 6.59. The van der Waals surface area contributed by atoms with Crippen LogP contribution in [0.15, 0.2) is 164 Å². The molecule has 0 aliphatic rings. The highest BCUT2D eigenvalue weighted by Crippen LogP contribution is 2.38. The smallest absolute Gasteiger partial charge is 0.122 e. The Balaban J connectivity index is 1.25. The van der Waals surface area contributed by atoms with Gasteiger partial charge in [0, 0.05) is 5.39 Å². The van der Waals surface area contributed by atoms with Crippen molar-refractivity contribution in [3.63, 3.8) is 0 Å². The maximum absolute atomic E-state index is 5.00. The lowest BCUT2D eigenvalue weighted by atomic mass is 9.90. The van der Waals surface area contributed by atoms with E-state index in [-0.39, 0.29) is 0 Å². The molecular formula is C42H27N3. The van der Waals surface area contributed by atoms with Gasteiger partial charge in [0.1, 0.15) is 11.0 Å². The molecule has 0 saturated heterocycles. The molecule has 0 fully saturated rings. The molecule has 8 aromatic carbocycles. The average molecular weight is 574 g/mol. The van der Waals surface area contributed by atoms with Crippen molar-refractivity contribution in [3.8, 4) is 39.1 Å². The minimum absolute atomic E-state index is 0.885. The van der Waals surface area contributed by atoms with E-state index in [4.69, 9.17) is 10.2 Å². The van der Waals surface area contributed by atoms with Crippen molar-refractivity contribution in [2.24, 2.45) is 0 Å². The highest BCUT2D eigenvalue weighted by molar-refractivity contribution is 6.19. The van der Waals surface area contributed by atoms with E-state index in [1.165, 1.54) is 54.9 Å². The third-order valence-corrected chi connectivity index (χ3v) is 8.81. The van der Waals surface area contributed by atoms with Gasteiger partial charge in [-0.1, -0.05) is 121 Å². The van der Waals surface area contributed by atoms with Crippen LogP contribution < -0.4 is 0 Å². The molecule has 0 N–H and O–H groups in total. The van der Waals surface area contributed by atoms with Crippen LogP contribution in [-0.2, 0) is 0 Å². The Morgan fingerprint density at radius 2 is 1.07 bits per heavy atom. The molecule has 9 aromatic rings. The lowest BCUT2D eigenvalue weighted by Gasteiger charge is -2.13. The molecule has 45 heavy (non-hydrogen) atoms. The summed E-state index contributed by atoms with van der Waals surface area (Å²) < 4.78 is 0. The number of hydrogen-bond acceptors (Lipinski definition) is 2. The summed E-state index contributed by atoms with van der Waals surface area (Å²) in [7, 11) is 0. The summed E-state index contributed by atoms with van der Waals surface area (Å²) >= 11 is 0. The van der Waals surface area contributed by atoms with Crippen LogP contribution in [0.2, 0.25) is 0 Å². The predicted molar refractivity (Wildman–Crippen MR) is 188 cm³/mol. The van der Waals surface area contributed by atoms with Crippen LogP contribution >= 0.6 is 0 Å². The second-order valence-electron chi connectivity index (χ2n) is 11.5. The molecule has 0 bridgehead atoms. The number of rotatable bonds is 4. The third kappa shape index (κ3) is 4.37. The molecule has 0 atom stereocenters. The van der Waals surface area contributed by atoms with E-state index in [9.17, 15) is 0 Å². The molecular weight excluding hydrogens is 546 g/mol. The van der Waals surface area contributed by atoms with Crippen LogP contribution in [0.25, 0.3) is 82.4 Å². The Morgan fingerprint density at radius 3 is 1.96 bits per heavy atom. The first kappa shape index (κ1) is 25.4. The van der Waals surface area contributed by atoms with Gasteiger partial charge in [-0.05, 0) is 103 Å². The second-order valence-corrected chi connectivity index (χ2v) is 11.5. The van der Waals surface area contributed by atoms with E-state index in [0.29, 0.717) is 0 Å². The number of para-hydroxylation sites is 1. The van der Waals surface area contributed by atoms with Crippen LogP contribution in [0.5, 0.6) is 0 Å². The van der Waals surface area contributed by atoms with E-state index < -0.39 is 0 Å². The normalized spacial score (nSPS) is 11.6. The lowest BCUT2D eigenvalue weighted by molar-refractivity contribution is 0.766. The van der Waals surface area contributed by atoms with E-state index in [2.05, 4.69) is 133 Å². The minimum Gasteiger partial charge on any atom is -0.150 e. The minimum atomic E-state index is 0.885. The largest absolute Gasteiger partial charge is 0.150 e. The Hall–Kier alpha value is -6.06. The van der Waals surface area contributed by atoms with Gasteiger partial charge in [0.15, 0.2) is 0 Å². The maximum atomic E-state index is 5.00. The van der Waals surface area contributed by atoms with Gasteiger partial charge in [-0.15, -0.1) is 10.2 Å². The molecule has 0 radical (unpaired) electrons. The van der Waals surface area contributed by atoms with Crippen LogP contribution in [-0.4, -0.2) is 15.0 Å². The molecule has 1 aromatic heterocycles. The first-order valence-corrected chi connectivity index (χ1v) is 15.3. The molecule has 1 heterocycles. The fourth-order valence-corrected chi connectivity index (χ4v) is 6.59. The van der Waals surface area contributed by atoms with Crippen LogP contribution in [0.4, 0.5) is 0 Å². The molecule has 9 rings (SSSR count). The van der Waals surface area contributed by atoms with Crippen LogP contribution in [0, 0.1) is 0 Å². The van der Waals surface area contributed by atoms with Gasteiger partial charge in [-0.25, -0.2) is 0 Å². The highest BCUT2D eigenvalue weighted by atomic mass is 15.5. The van der Waals surface area contributed by atoms with Gasteiger partial charge in [0.2, 0.25) is 0 Å². The topological polar surface area (TPSA) is 30.7 Å². The van der Waals surface area contributed by atoms with Gasteiger partial charge >= 0.3 is 0 Å². The van der Waals surface area contributed by atoms with Gasteiger partial charge < -0.3 is 0 Å². The zero-order valence-electron chi connectivity index (χ0n) is 24.4. The van der Waals surface area contributed by atoms with Gasteiger partial charge in [0.05, 0.1) is 5.69 Å². The van der Waals surface area contributed by atoms with Crippen molar-refractivity contribution in [2.45, 2.75) is 0 Å². The van der Waals surface area contributed by atoms with Gasteiger partial charge in [0.25, 0.3) is 0 Å². The average Bonchev–Trinajstić information content (AvgIpc) is 3.56. The van der Waals surface area contributed by atoms with Gasteiger partial charge in [-0.3, -0.25) is 0 Å². The van der Waals surface area contributed by atoms with Crippen molar-refractivity contribution >= 4 is 43.4 Å². The number of benzene rings is 8. The first-order valence-electron chi connectivity index (χ1n) is 15.3. The number of fused-ring (bicyclic) bond motifs is 6. The summed E-state index contributed by atoms with van der Waals surface area (Å²) in [6.07, 6.45) is 0. The zero-order valence-corrected chi connectivity index (χ0v) is 24.4. The second kappa shape index (κ2) is 10.3. The summed E-state index contributed by atoms with van der Waals surface area (Å²) in [6.45, 7) is 0. The molecule has 0 aliphatic carbocycles. The van der Waals surface area contributed by atoms with Crippen molar-refractivity contribution in [1.82, 2.24) is 15.0 Å². The van der Waals surface area contributed by atoms with E-state index >= 15 is 0 Å². The van der Waals surface area contributed by atoms with Crippen molar-refractivity contribution in [3.05, 3.63) is 164 Å². The number of hydrogen-bond donors (Lipinski definition) is 0. The van der Waals surface area contributed by atoms with Crippen molar-refractivity contribution in [1.29, 1.82) is 0 Å². The van der Waals surface area contributed by atoms with Crippen molar-refractivity contribution in [2.75, 3.05) is 0 Å². The van der Waals surface area contributed by atoms with E-state index in [1.54, 1.807) is 4.80 Å². The first-order chi connectivity index (χ1) is 22.3. The summed E-state index contributed by atoms with van der Waals surface area (Å²) in [5.41, 5.74) is 9.98. The standard InChI is InChI=1S/C42H27N3/c1-3-10-28(11-4-1)31-13-9-14-34(24-31)38-27-35(25-33-12-7-8-17-37(33)38)32-21-19-29-18-20-30-22-23-40-42(41(30)39(29)26-32)44-45(43-40)36-15-5-2-6-16-36/h1-27H. The molecule has 0 saturated carbocycles. The van der Waals surface area contributed by atoms with Crippen LogP contribution in [0.1, 0.15) is 0 Å². The summed E-state index contributed by atoms with van der Waals surface area (Å²) in [5.74, 6) is 0. The zero-order chi connectivity index (χ0) is 29.7. The maximum Gasteiger partial charge on any atom is 0.122 e. The summed E-state index contributed by atoms with van der Waals surface area (Å²) in [6, 6.07) is 58.3. The summed E-state index contributed by atoms with van der Waals surface area (Å²) in [4.78, 5) is 1.74. The molecule has 0 aliphatic heterocycles. The molecule has 210 valence electrons. The molecule has 3 nitrogen and oxygen atoms in total. The third-order valence-electron chi connectivity index (χ3n) is 8.81. The van der Waals surface area contributed by atoms with E-state index in [1.807, 2.05) is 30.3 Å². The number of nitrogens with zero attached hydrogens (tertiary/aromatic N) is 3. The van der Waals surface area contributed by atoms with Gasteiger partial charge in [-0.2, -0.15) is 4.80 Å². The van der Waals surface area contributed by atoms with E-state index in [0.717, 1.165) is 27.5 Å². The Kier molecular flexibility index (Phi) is 5.82. The predicted octanol–water partition coefficient (Wildman–Crippen LogP) is 10.9. The number of aromatic nitrogens is 3. The molecule has 0 spiro atoms. The molecule has 0 amide bonds. The monoisotopic (exact) mass is 573 g/mol.